The molecule has 2 fully saturated rings. The van der Waals surface area contributed by atoms with Crippen molar-refractivity contribution in [3.8, 4) is 0 Å². The summed E-state index contributed by atoms with van der Waals surface area (Å²) in [5, 5.41) is 0. The van der Waals surface area contributed by atoms with Gasteiger partial charge in [-0.15, -0.1) is 6.58 Å². The molecule has 2 aliphatic rings. The Morgan fingerprint density at radius 3 is 1.65 bits per heavy atom. The van der Waals surface area contributed by atoms with Crippen LogP contribution in [0.25, 0.3) is 0 Å². The van der Waals surface area contributed by atoms with Gasteiger partial charge in [-0.2, -0.15) is 0 Å². The van der Waals surface area contributed by atoms with E-state index in [0.29, 0.717) is 0 Å². The van der Waals surface area contributed by atoms with Crippen LogP contribution in [0.5, 0.6) is 0 Å². The first-order valence-corrected chi connectivity index (χ1v) is 9.33. The summed E-state index contributed by atoms with van der Waals surface area (Å²) in [4.78, 5) is 0. The van der Waals surface area contributed by atoms with Crippen LogP contribution >= 0.6 is 0 Å². The van der Waals surface area contributed by atoms with Crippen LogP contribution in [-0.2, 0) is 0 Å². The quantitative estimate of drug-likeness (QED) is 0.470. The minimum absolute atomic E-state index is 1.01. The molecule has 2 rings (SSSR count). The molecule has 0 radical (unpaired) electrons. The first-order chi connectivity index (χ1) is 9.69. The fourth-order valence-electron chi connectivity index (χ4n) is 4.76. The highest BCUT2D eigenvalue weighted by atomic mass is 14.4. The normalized spacial score (nSPS) is 34.9. The largest absolute Gasteiger partial charge is 0.100 e. The fourth-order valence-corrected chi connectivity index (χ4v) is 4.76. The molecule has 0 heteroatoms. The van der Waals surface area contributed by atoms with Gasteiger partial charge >= 0.3 is 0 Å². The first-order valence-electron chi connectivity index (χ1n) is 9.33. The molecule has 2 aliphatic carbocycles. The minimum Gasteiger partial charge on any atom is -0.100 e. The lowest BCUT2D eigenvalue weighted by Crippen LogP contribution is -2.25. The maximum absolute atomic E-state index is 4.05. The van der Waals surface area contributed by atoms with E-state index in [1.165, 1.54) is 69.8 Å². The molecule has 0 atom stereocenters. The molecular formula is C20H36. The molecule has 0 nitrogen and oxygen atoms in total. The smallest absolute Gasteiger partial charge is 0.0323 e. The van der Waals surface area contributed by atoms with Crippen LogP contribution in [-0.4, -0.2) is 0 Å². The molecule has 116 valence electrons. The van der Waals surface area contributed by atoms with Crippen molar-refractivity contribution < 1.29 is 0 Å². The maximum Gasteiger partial charge on any atom is -0.0323 e. The van der Waals surface area contributed by atoms with Gasteiger partial charge in [-0.3, -0.25) is 0 Å². The predicted octanol–water partition coefficient (Wildman–Crippen LogP) is 6.76. The molecule has 0 N–H and O–H groups in total. The Kier molecular flexibility index (Phi) is 6.65. The molecule has 0 heterocycles. The zero-order valence-corrected chi connectivity index (χ0v) is 14.0. The van der Waals surface area contributed by atoms with Crippen molar-refractivity contribution in [1.29, 1.82) is 0 Å². The highest BCUT2D eigenvalue weighted by Gasteiger charge is 2.30. The van der Waals surface area contributed by atoms with Crippen molar-refractivity contribution >= 4 is 0 Å². The van der Waals surface area contributed by atoms with Crippen molar-refractivity contribution in [2.24, 2.45) is 23.7 Å². The maximum atomic E-state index is 4.05. The molecule has 2 saturated carbocycles. The lowest BCUT2D eigenvalue weighted by Gasteiger charge is -2.38. The third-order valence-corrected chi connectivity index (χ3v) is 6.13. The molecule has 0 spiro atoms. The first kappa shape index (κ1) is 16.1. The van der Waals surface area contributed by atoms with Gasteiger partial charge < -0.3 is 0 Å². The van der Waals surface area contributed by atoms with E-state index >= 15 is 0 Å². The minimum atomic E-state index is 1.01. The highest BCUT2D eigenvalue weighted by Crippen LogP contribution is 2.43. The summed E-state index contributed by atoms with van der Waals surface area (Å²) < 4.78 is 0. The summed E-state index contributed by atoms with van der Waals surface area (Å²) in [5.74, 6) is 4.26. The van der Waals surface area contributed by atoms with Gasteiger partial charge in [0.1, 0.15) is 0 Å². The second-order valence-corrected chi connectivity index (χ2v) is 7.85. The number of hydrogen-bond acceptors (Lipinski definition) is 0. The zero-order valence-electron chi connectivity index (χ0n) is 14.0. The van der Waals surface area contributed by atoms with E-state index in [4.69, 9.17) is 0 Å². The third-order valence-electron chi connectivity index (χ3n) is 6.13. The molecule has 0 aromatic carbocycles. The van der Waals surface area contributed by atoms with Gasteiger partial charge in [-0.25, -0.2) is 0 Å². The number of rotatable bonds is 6. The van der Waals surface area contributed by atoms with E-state index in [2.05, 4.69) is 20.4 Å². The molecule has 0 aromatic heterocycles. The number of allylic oxidation sites excluding steroid dienone is 1. The Morgan fingerprint density at radius 1 is 0.800 bits per heavy atom. The van der Waals surface area contributed by atoms with Crippen LogP contribution in [0.15, 0.2) is 12.2 Å². The molecule has 0 aromatic rings. The molecule has 20 heavy (non-hydrogen) atoms. The van der Waals surface area contributed by atoms with Crippen molar-refractivity contribution in [2.45, 2.75) is 90.9 Å². The van der Waals surface area contributed by atoms with E-state index in [1.807, 2.05) is 0 Å². The SMILES string of the molecule is C=C(C)CCC1CCC(C2CCC(CCC)CC2)CC1. The third kappa shape index (κ3) is 4.93. The molecule has 0 saturated heterocycles. The van der Waals surface area contributed by atoms with Gasteiger partial charge in [0.05, 0.1) is 0 Å². The molecule has 0 unspecified atom stereocenters. The average molecular weight is 277 g/mol. The van der Waals surface area contributed by atoms with Crippen molar-refractivity contribution in [3.05, 3.63) is 12.2 Å². The molecule has 0 bridgehead atoms. The van der Waals surface area contributed by atoms with E-state index in [-0.39, 0.29) is 0 Å². The predicted molar refractivity (Wildman–Crippen MR) is 89.9 cm³/mol. The Bertz CT molecular complexity index is 274. The topological polar surface area (TPSA) is 0 Å². The highest BCUT2D eigenvalue weighted by molar-refractivity contribution is 4.89. The van der Waals surface area contributed by atoms with Gasteiger partial charge in [0.25, 0.3) is 0 Å². The lowest BCUT2D eigenvalue weighted by molar-refractivity contribution is 0.141. The second-order valence-electron chi connectivity index (χ2n) is 7.85. The summed E-state index contributed by atoms with van der Waals surface area (Å²) in [7, 11) is 0. The van der Waals surface area contributed by atoms with Gasteiger partial charge in [0.15, 0.2) is 0 Å². The Balaban J connectivity index is 1.65. The summed E-state index contributed by atoms with van der Waals surface area (Å²) in [6.07, 6.45) is 17.8. The lowest BCUT2D eigenvalue weighted by atomic mass is 9.68. The van der Waals surface area contributed by atoms with E-state index in [1.54, 1.807) is 12.8 Å². The summed E-state index contributed by atoms with van der Waals surface area (Å²) in [6.45, 7) is 8.58. The van der Waals surface area contributed by atoms with Crippen LogP contribution < -0.4 is 0 Å². The fraction of sp³-hybridized carbons (Fsp3) is 0.900. The van der Waals surface area contributed by atoms with Crippen molar-refractivity contribution in [2.75, 3.05) is 0 Å². The van der Waals surface area contributed by atoms with Crippen LogP contribution in [0.3, 0.4) is 0 Å². The van der Waals surface area contributed by atoms with Crippen molar-refractivity contribution in [1.82, 2.24) is 0 Å². The Labute approximate surface area is 127 Å². The summed E-state index contributed by atoms with van der Waals surface area (Å²) in [5.41, 5.74) is 1.38. The summed E-state index contributed by atoms with van der Waals surface area (Å²) >= 11 is 0. The molecular weight excluding hydrogens is 240 g/mol. The van der Waals surface area contributed by atoms with Crippen LogP contribution in [0.2, 0.25) is 0 Å². The van der Waals surface area contributed by atoms with Gasteiger partial charge in [0.2, 0.25) is 0 Å². The van der Waals surface area contributed by atoms with Gasteiger partial charge in [-0.1, -0.05) is 51.0 Å². The summed E-state index contributed by atoms with van der Waals surface area (Å²) in [6, 6.07) is 0. The van der Waals surface area contributed by atoms with Gasteiger partial charge in [-0.05, 0) is 69.1 Å². The molecule has 0 amide bonds. The average Bonchev–Trinajstić information content (AvgIpc) is 2.47. The van der Waals surface area contributed by atoms with Crippen LogP contribution in [0.1, 0.15) is 90.9 Å². The Morgan fingerprint density at radius 2 is 1.25 bits per heavy atom. The van der Waals surface area contributed by atoms with Crippen molar-refractivity contribution in [3.63, 3.8) is 0 Å². The van der Waals surface area contributed by atoms with Crippen LogP contribution in [0.4, 0.5) is 0 Å². The zero-order chi connectivity index (χ0) is 14.4. The van der Waals surface area contributed by atoms with E-state index < -0.39 is 0 Å². The second kappa shape index (κ2) is 8.25. The molecule has 0 aliphatic heterocycles. The Hall–Kier alpha value is -0.260. The van der Waals surface area contributed by atoms with E-state index in [0.717, 1.165) is 23.7 Å². The number of hydrogen-bond donors (Lipinski definition) is 0. The monoisotopic (exact) mass is 276 g/mol. The van der Waals surface area contributed by atoms with E-state index in [9.17, 15) is 0 Å². The van der Waals surface area contributed by atoms with Gasteiger partial charge in [0, 0.05) is 0 Å². The van der Waals surface area contributed by atoms with Crippen LogP contribution in [0, 0.1) is 23.7 Å². The standard InChI is InChI=1S/C20H36/c1-4-5-17-8-12-19(13-9-17)20-14-10-18(11-15-20)7-6-16(2)3/h17-20H,2,4-15H2,1,3H3.